The zero-order valence-electron chi connectivity index (χ0n) is 13.5. The van der Waals surface area contributed by atoms with Crippen molar-refractivity contribution >= 4 is 17.3 Å². The van der Waals surface area contributed by atoms with E-state index < -0.39 is 0 Å². The van der Waals surface area contributed by atoms with Gasteiger partial charge in [-0.25, -0.2) is 0 Å². The molecule has 0 rings (SSSR count). The maximum absolute atomic E-state index is 9.98. The molecule has 0 saturated heterocycles. The molecule has 0 saturated carbocycles. The van der Waals surface area contributed by atoms with E-state index in [1.54, 1.807) is 0 Å². The first-order chi connectivity index (χ1) is 9.38. The van der Waals surface area contributed by atoms with Gasteiger partial charge in [0.1, 0.15) is 0 Å². The van der Waals surface area contributed by atoms with Gasteiger partial charge >= 0.3 is 36.9 Å². The van der Waals surface area contributed by atoms with Crippen molar-refractivity contribution < 1.29 is 66.6 Å². The summed E-state index contributed by atoms with van der Waals surface area (Å²) in [6, 6.07) is 0. The minimum atomic E-state index is -0.187. The van der Waals surface area contributed by atoms with Gasteiger partial charge in [0.05, 0.1) is 0 Å². The second kappa shape index (κ2) is 17.9. The van der Waals surface area contributed by atoms with E-state index in [4.69, 9.17) is 0 Å². The van der Waals surface area contributed by atoms with Crippen LogP contribution in [-0.2, 0) is 14.4 Å². The Bertz CT molecular complexity index is 368. The van der Waals surface area contributed by atoms with E-state index in [0.29, 0.717) is 0 Å². The molecule has 0 bridgehead atoms. The summed E-state index contributed by atoms with van der Waals surface area (Å²) in [5, 5.41) is 29.9. The first kappa shape index (κ1) is 28.9. The van der Waals surface area contributed by atoms with Crippen molar-refractivity contribution in [2.24, 2.45) is 0 Å². The molecule has 0 unspecified atom stereocenters. The summed E-state index contributed by atoms with van der Waals surface area (Å²) < 4.78 is 0. The van der Waals surface area contributed by atoms with Gasteiger partial charge in [-0.3, -0.25) is 14.4 Å². The van der Waals surface area contributed by atoms with Crippen LogP contribution in [0.2, 0.25) is 0 Å². The van der Waals surface area contributed by atoms with E-state index in [1.807, 2.05) is 0 Å². The summed E-state index contributed by atoms with van der Waals surface area (Å²) >= 11 is 0. The van der Waals surface area contributed by atoms with Crippen LogP contribution >= 0.6 is 0 Å². The zero-order valence-corrected chi connectivity index (χ0v) is 15.2. The molecule has 130 valence electrons. The average Bonchev–Trinajstić information content (AvgIpc) is 2.10. The summed E-state index contributed by atoms with van der Waals surface area (Å²) in [7, 11) is 0. The molecule has 0 amide bonds. The summed E-state index contributed by atoms with van der Waals surface area (Å²) in [6.07, 6.45) is 3.17. The van der Waals surface area contributed by atoms with E-state index in [-0.39, 0.29) is 71.5 Å². The molecule has 0 fully saturated rings. The molecule has 0 N–H and O–H groups in total. The van der Waals surface area contributed by atoms with Gasteiger partial charge in [0.2, 0.25) is 0 Å². The first-order valence-electron chi connectivity index (χ1n) is 5.96. The molecule has 0 aromatic heterocycles. The van der Waals surface area contributed by atoms with Crippen LogP contribution in [0.4, 0.5) is 0 Å². The van der Waals surface area contributed by atoms with Gasteiger partial charge in [-0.2, -0.15) is 0 Å². The summed E-state index contributed by atoms with van der Waals surface area (Å²) in [4.78, 5) is 29.9. The summed E-state index contributed by atoms with van der Waals surface area (Å²) in [5.41, 5.74) is 0. The van der Waals surface area contributed by atoms with Crippen LogP contribution < -0.4 is 15.3 Å². The number of carbonyl (C=O) groups is 3. The maximum atomic E-state index is 9.98. The van der Waals surface area contributed by atoms with Crippen molar-refractivity contribution in [1.82, 2.24) is 0 Å². The van der Waals surface area contributed by atoms with Crippen molar-refractivity contribution in [2.75, 3.05) is 0 Å². The standard InChI is InChI=1S/3C5H8O2.Tm/c3*1-4(6)3-5(2)7;/h3*3,6H,1-2H3;/q;;;+3/p-3/b3*4-3+;. The van der Waals surface area contributed by atoms with Crippen molar-refractivity contribution in [3.8, 4) is 0 Å². The summed E-state index contributed by atoms with van der Waals surface area (Å²) in [6.45, 7) is 8.09. The van der Waals surface area contributed by atoms with Crippen LogP contribution in [0.5, 0.6) is 0 Å². The van der Waals surface area contributed by atoms with Crippen LogP contribution in [0.1, 0.15) is 41.5 Å². The maximum Gasteiger partial charge on any atom is 3.00 e. The number of hydrogen-bond acceptors (Lipinski definition) is 6. The fourth-order valence-corrected chi connectivity index (χ4v) is 0.859. The Morgan fingerprint density at radius 1 is 0.545 bits per heavy atom. The number of rotatable bonds is 3. The predicted octanol–water partition coefficient (Wildman–Crippen LogP) is -0.481. The largest absolute Gasteiger partial charge is 3.00 e. The molecule has 6 nitrogen and oxygen atoms in total. The van der Waals surface area contributed by atoms with E-state index in [9.17, 15) is 29.7 Å². The van der Waals surface area contributed by atoms with Gasteiger partial charge in [-0.15, -0.1) is 17.3 Å². The Balaban J connectivity index is -0.000000108. The van der Waals surface area contributed by atoms with Crippen molar-refractivity contribution in [3.05, 3.63) is 35.5 Å². The first-order valence-corrected chi connectivity index (χ1v) is 5.96. The Morgan fingerprint density at radius 3 is 0.682 bits per heavy atom. The number of hydrogen-bond donors (Lipinski definition) is 0. The Hall–Kier alpha value is -1.14. The summed E-state index contributed by atoms with van der Waals surface area (Å²) in [5.74, 6) is -1.12. The number of ketones is 3. The molecule has 7 heteroatoms. The molecular formula is C15H21O6Tm. The predicted molar refractivity (Wildman–Crippen MR) is 73.3 cm³/mol. The van der Waals surface area contributed by atoms with Gasteiger partial charge in [-0.05, 0) is 39.0 Å². The monoisotopic (exact) mass is 466 g/mol. The minimum absolute atomic E-state index is 0. The van der Waals surface area contributed by atoms with Crippen molar-refractivity contribution in [2.45, 2.75) is 41.5 Å². The van der Waals surface area contributed by atoms with Crippen LogP contribution in [0.15, 0.2) is 35.5 Å². The second-order valence-corrected chi connectivity index (χ2v) is 4.10. The quantitative estimate of drug-likeness (QED) is 0.409. The van der Waals surface area contributed by atoms with Crippen molar-refractivity contribution in [1.29, 1.82) is 0 Å². The van der Waals surface area contributed by atoms with Gasteiger partial charge < -0.3 is 15.3 Å². The van der Waals surface area contributed by atoms with Gasteiger partial charge in [-0.1, -0.05) is 20.8 Å². The third-order valence-electron chi connectivity index (χ3n) is 1.22. The molecule has 0 aliphatic heterocycles. The van der Waals surface area contributed by atoms with Crippen LogP contribution in [0.25, 0.3) is 0 Å². The Morgan fingerprint density at radius 2 is 0.682 bits per heavy atom. The van der Waals surface area contributed by atoms with Crippen molar-refractivity contribution in [3.63, 3.8) is 0 Å². The molecule has 0 radical (unpaired) electrons. The third kappa shape index (κ3) is 51.0. The Kier molecular flexibility index (Phi) is 23.6. The van der Waals surface area contributed by atoms with E-state index >= 15 is 0 Å². The Labute approximate surface area is 160 Å². The van der Waals surface area contributed by atoms with Crippen LogP contribution in [0, 0.1) is 36.9 Å². The second-order valence-electron chi connectivity index (χ2n) is 4.10. The number of carbonyl (C=O) groups excluding carboxylic acids is 3. The van der Waals surface area contributed by atoms with Gasteiger partial charge in [0, 0.05) is 0 Å². The number of allylic oxidation sites excluding steroid dienone is 6. The van der Waals surface area contributed by atoms with E-state index in [0.717, 1.165) is 18.2 Å². The molecule has 0 spiro atoms. The normalized spacial score (nSPS) is 10.9. The molecule has 0 aromatic rings. The smallest absolute Gasteiger partial charge is 0.876 e. The molecule has 0 atom stereocenters. The van der Waals surface area contributed by atoms with Crippen LogP contribution in [-0.4, -0.2) is 17.3 Å². The third-order valence-corrected chi connectivity index (χ3v) is 1.22. The minimum Gasteiger partial charge on any atom is -0.876 e. The fourth-order valence-electron chi connectivity index (χ4n) is 0.859. The zero-order chi connectivity index (χ0) is 17.6. The molecule has 0 heterocycles. The van der Waals surface area contributed by atoms with Gasteiger partial charge in [0.25, 0.3) is 0 Å². The van der Waals surface area contributed by atoms with E-state index in [1.165, 1.54) is 41.5 Å². The van der Waals surface area contributed by atoms with Gasteiger partial charge in [0.15, 0.2) is 17.3 Å². The SMILES string of the molecule is CC(=O)/C=C(\C)[O-].CC(=O)/C=C(\C)[O-].CC(=O)/C=C(\C)[O-].[Tm+3]. The molecular weight excluding hydrogens is 445 g/mol. The van der Waals surface area contributed by atoms with E-state index in [2.05, 4.69) is 0 Å². The molecule has 0 aromatic carbocycles. The molecule has 0 aliphatic rings. The fraction of sp³-hybridized carbons (Fsp3) is 0.400. The average molecular weight is 466 g/mol. The van der Waals surface area contributed by atoms with Crippen LogP contribution in [0.3, 0.4) is 0 Å². The molecule has 0 aliphatic carbocycles. The topological polar surface area (TPSA) is 120 Å². The molecule has 22 heavy (non-hydrogen) atoms.